The maximum absolute atomic E-state index is 11.0. The van der Waals surface area contributed by atoms with Gasteiger partial charge in [0.05, 0.1) is 5.69 Å². The zero-order chi connectivity index (χ0) is 16.9. The smallest absolute Gasteiger partial charge is 0.217 e. The summed E-state index contributed by atoms with van der Waals surface area (Å²) in [5.74, 6) is 0.0304. The van der Waals surface area contributed by atoms with Crippen molar-refractivity contribution in [3.05, 3.63) is 52.0 Å². The first-order valence-electron chi connectivity index (χ1n) is 7.96. The predicted molar refractivity (Wildman–Crippen MR) is 102 cm³/mol. The average molecular weight is 357 g/mol. The highest BCUT2D eigenvalue weighted by molar-refractivity contribution is 7.14. The molecule has 0 unspecified atom stereocenters. The molecule has 124 valence electrons. The van der Waals surface area contributed by atoms with Crippen molar-refractivity contribution in [2.24, 2.45) is 0 Å². The molecule has 2 heterocycles. The zero-order valence-corrected chi connectivity index (χ0v) is 15.4. The van der Waals surface area contributed by atoms with Crippen molar-refractivity contribution >= 4 is 28.6 Å². The maximum atomic E-state index is 11.0. The summed E-state index contributed by atoms with van der Waals surface area (Å²) in [6, 6.07) is 10.9. The Morgan fingerprint density at radius 1 is 1.17 bits per heavy atom. The maximum Gasteiger partial charge on any atom is 0.217 e. The van der Waals surface area contributed by atoms with Gasteiger partial charge in [-0.3, -0.25) is 4.79 Å². The van der Waals surface area contributed by atoms with Crippen molar-refractivity contribution in [3.63, 3.8) is 0 Å². The summed E-state index contributed by atoms with van der Waals surface area (Å²) in [7, 11) is 0. The quantitative estimate of drug-likeness (QED) is 0.675. The fourth-order valence-electron chi connectivity index (χ4n) is 2.57. The first-order valence-corrected chi connectivity index (χ1v) is 9.78. The first kappa shape index (κ1) is 16.9. The van der Waals surface area contributed by atoms with Crippen molar-refractivity contribution in [1.82, 2.24) is 10.3 Å². The minimum Gasteiger partial charge on any atom is -0.354 e. The van der Waals surface area contributed by atoms with Gasteiger partial charge in [0, 0.05) is 34.9 Å². The van der Waals surface area contributed by atoms with Crippen LogP contribution in [0.4, 0.5) is 0 Å². The van der Waals surface area contributed by atoms with Gasteiger partial charge in [-0.05, 0) is 36.8 Å². The fraction of sp³-hybridized carbons (Fsp3) is 0.263. The summed E-state index contributed by atoms with van der Waals surface area (Å²) in [5.41, 5.74) is 4.65. The Labute approximate surface area is 150 Å². The molecule has 0 aliphatic heterocycles. The molecule has 0 bridgehead atoms. The number of benzene rings is 1. The van der Waals surface area contributed by atoms with Crippen LogP contribution < -0.4 is 5.32 Å². The minimum absolute atomic E-state index is 0.0304. The van der Waals surface area contributed by atoms with E-state index in [2.05, 4.69) is 51.8 Å². The van der Waals surface area contributed by atoms with Crippen LogP contribution in [0, 0.1) is 0 Å². The normalized spacial score (nSPS) is 12.1. The van der Waals surface area contributed by atoms with Gasteiger partial charge in [-0.15, -0.1) is 11.3 Å². The number of nitrogens with zero attached hydrogens (tertiary/aromatic N) is 1. The molecule has 1 amide bonds. The summed E-state index contributed by atoms with van der Waals surface area (Å²) in [6.07, 6.45) is 1.90. The highest BCUT2D eigenvalue weighted by atomic mass is 32.1. The predicted octanol–water partition coefficient (Wildman–Crippen LogP) is 5.00. The lowest BCUT2D eigenvalue weighted by Crippen LogP contribution is -2.30. The number of carbonyl (C=O) groups excluding carboxylic acids is 1. The van der Waals surface area contributed by atoms with Gasteiger partial charge in [0.2, 0.25) is 5.91 Å². The summed E-state index contributed by atoms with van der Waals surface area (Å²) < 4.78 is 0. The topological polar surface area (TPSA) is 42.0 Å². The van der Waals surface area contributed by atoms with Crippen LogP contribution in [0.1, 0.15) is 25.8 Å². The molecule has 0 aliphatic rings. The number of aryl methyl sites for hydroxylation is 1. The van der Waals surface area contributed by atoms with Gasteiger partial charge in [-0.1, -0.05) is 24.3 Å². The van der Waals surface area contributed by atoms with E-state index >= 15 is 0 Å². The molecule has 1 N–H and O–H groups in total. The zero-order valence-electron chi connectivity index (χ0n) is 13.8. The van der Waals surface area contributed by atoms with Crippen LogP contribution in [0.3, 0.4) is 0 Å². The van der Waals surface area contributed by atoms with Crippen LogP contribution >= 0.6 is 22.7 Å². The van der Waals surface area contributed by atoms with Gasteiger partial charge >= 0.3 is 0 Å². The van der Waals surface area contributed by atoms with E-state index in [1.807, 2.05) is 6.92 Å². The molecule has 3 nitrogen and oxygen atoms in total. The molecule has 0 saturated heterocycles. The number of thiophene rings is 1. The van der Waals surface area contributed by atoms with Crippen LogP contribution in [-0.2, 0) is 11.2 Å². The second kappa shape index (κ2) is 7.73. The molecule has 0 radical (unpaired) electrons. The largest absolute Gasteiger partial charge is 0.354 e. The summed E-state index contributed by atoms with van der Waals surface area (Å²) in [4.78, 5) is 15.8. The third-order valence-corrected chi connectivity index (χ3v) is 5.41. The number of nitrogens with one attached hydrogen (secondary N) is 1. The number of amides is 1. The molecule has 0 spiro atoms. The number of rotatable bonds is 6. The van der Waals surface area contributed by atoms with Gasteiger partial charge in [0.1, 0.15) is 5.01 Å². The number of carbonyl (C=O) groups is 1. The number of hydrogen-bond acceptors (Lipinski definition) is 4. The molecule has 1 aromatic carbocycles. The van der Waals surface area contributed by atoms with E-state index < -0.39 is 0 Å². The molecule has 3 rings (SSSR count). The van der Waals surface area contributed by atoms with Gasteiger partial charge in [0.25, 0.3) is 0 Å². The van der Waals surface area contributed by atoms with Crippen molar-refractivity contribution < 1.29 is 4.79 Å². The third-order valence-electron chi connectivity index (χ3n) is 3.84. The number of thiazole rings is 1. The molecule has 5 heteroatoms. The molecule has 0 fully saturated rings. The molecule has 2 aromatic heterocycles. The first-order chi connectivity index (χ1) is 11.6. The monoisotopic (exact) mass is 356 g/mol. The average Bonchev–Trinajstić information content (AvgIpc) is 3.24. The second-order valence-corrected chi connectivity index (χ2v) is 7.53. The van der Waals surface area contributed by atoms with Crippen LogP contribution in [0.25, 0.3) is 21.8 Å². The fourth-order valence-corrected chi connectivity index (χ4v) is 4.11. The SMILES string of the molecule is CC(=O)N[C@@H](C)CCc1ccc(-c2csc(-c3ccsc3)n2)cc1. The van der Waals surface area contributed by atoms with E-state index in [9.17, 15) is 4.79 Å². The van der Waals surface area contributed by atoms with E-state index in [0.29, 0.717) is 0 Å². The Morgan fingerprint density at radius 2 is 1.96 bits per heavy atom. The summed E-state index contributed by atoms with van der Waals surface area (Å²) >= 11 is 3.37. The summed E-state index contributed by atoms with van der Waals surface area (Å²) in [6.45, 7) is 3.60. The standard InChI is InChI=1S/C19H20N2OS2/c1-13(20-14(2)22)3-4-15-5-7-16(8-6-15)18-12-24-19(21-18)17-9-10-23-11-17/h5-13H,3-4H2,1-2H3,(H,20,22)/t13-/m0/s1. The van der Waals surface area contributed by atoms with E-state index in [1.54, 1.807) is 29.6 Å². The Kier molecular flexibility index (Phi) is 5.43. The van der Waals surface area contributed by atoms with E-state index in [0.717, 1.165) is 29.1 Å². The highest BCUT2D eigenvalue weighted by Crippen LogP contribution is 2.30. The molecular formula is C19H20N2OS2. The third kappa shape index (κ3) is 4.30. The van der Waals surface area contributed by atoms with Crippen molar-refractivity contribution in [2.75, 3.05) is 0 Å². The molecule has 3 aromatic rings. The van der Waals surface area contributed by atoms with E-state index in [1.165, 1.54) is 11.1 Å². The van der Waals surface area contributed by atoms with Crippen LogP contribution in [-0.4, -0.2) is 16.9 Å². The molecular weight excluding hydrogens is 336 g/mol. The molecule has 24 heavy (non-hydrogen) atoms. The Balaban J connectivity index is 1.63. The van der Waals surface area contributed by atoms with Crippen molar-refractivity contribution in [1.29, 1.82) is 0 Å². The second-order valence-electron chi connectivity index (χ2n) is 5.89. The van der Waals surface area contributed by atoms with Crippen LogP contribution in [0.5, 0.6) is 0 Å². The lowest BCUT2D eigenvalue weighted by molar-refractivity contribution is -0.119. The Hall–Kier alpha value is -1.98. The molecule has 0 saturated carbocycles. The summed E-state index contributed by atoms with van der Waals surface area (Å²) in [5, 5.41) is 10.3. The van der Waals surface area contributed by atoms with Gasteiger partial charge in [0.15, 0.2) is 0 Å². The number of aromatic nitrogens is 1. The van der Waals surface area contributed by atoms with Crippen LogP contribution in [0.15, 0.2) is 46.5 Å². The van der Waals surface area contributed by atoms with E-state index in [4.69, 9.17) is 4.98 Å². The lowest BCUT2D eigenvalue weighted by Gasteiger charge is -2.12. The Bertz CT molecular complexity index is 791. The van der Waals surface area contributed by atoms with Gasteiger partial charge in [-0.2, -0.15) is 11.3 Å². The van der Waals surface area contributed by atoms with E-state index in [-0.39, 0.29) is 11.9 Å². The van der Waals surface area contributed by atoms with Crippen molar-refractivity contribution in [3.8, 4) is 21.8 Å². The van der Waals surface area contributed by atoms with Crippen LogP contribution in [0.2, 0.25) is 0 Å². The highest BCUT2D eigenvalue weighted by Gasteiger charge is 2.08. The van der Waals surface area contributed by atoms with Crippen molar-refractivity contribution in [2.45, 2.75) is 32.7 Å². The van der Waals surface area contributed by atoms with Gasteiger partial charge < -0.3 is 5.32 Å². The lowest BCUT2D eigenvalue weighted by atomic mass is 10.0. The minimum atomic E-state index is 0.0304. The Morgan fingerprint density at radius 3 is 2.62 bits per heavy atom. The molecule has 1 atom stereocenters. The number of hydrogen-bond donors (Lipinski definition) is 1. The molecule has 0 aliphatic carbocycles. The van der Waals surface area contributed by atoms with Gasteiger partial charge in [-0.25, -0.2) is 4.98 Å².